The first-order valence-electron chi connectivity index (χ1n) is 9.12. The summed E-state index contributed by atoms with van der Waals surface area (Å²) in [7, 11) is 0. The van der Waals surface area contributed by atoms with Crippen LogP contribution >= 0.6 is 11.6 Å². The molecule has 0 bridgehead atoms. The van der Waals surface area contributed by atoms with E-state index in [-0.39, 0.29) is 11.8 Å². The molecule has 3 rings (SSSR count). The van der Waals surface area contributed by atoms with E-state index in [0.717, 1.165) is 13.1 Å². The van der Waals surface area contributed by atoms with E-state index in [1.54, 1.807) is 48.5 Å². The molecule has 144 valence electrons. The molecule has 1 aliphatic heterocycles. The van der Waals surface area contributed by atoms with Gasteiger partial charge in [-0.1, -0.05) is 23.7 Å². The Morgan fingerprint density at radius 1 is 1.07 bits per heavy atom. The molecule has 0 saturated carbocycles. The van der Waals surface area contributed by atoms with Gasteiger partial charge in [0.2, 0.25) is 5.91 Å². The molecule has 2 aromatic carbocycles. The highest BCUT2D eigenvalue weighted by atomic mass is 35.5. The van der Waals surface area contributed by atoms with Gasteiger partial charge in [0.15, 0.2) is 0 Å². The molecular formula is C21H21ClN4O2. The number of hydrogen-bond acceptors (Lipinski definition) is 4. The minimum Gasteiger partial charge on any atom is -0.336 e. The zero-order valence-electron chi connectivity index (χ0n) is 15.4. The van der Waals surface area contributed by atoms with Gasteiger partial charge in [0.05, 0.1) is 11.6 Å². The van der Waals surface area contributed by atoms with E-state index >= 15 is 0 Å². The Morgan fingerprint density at radius 2 is 1.82 bits per heavy atom. The second-order valence-corrected chi connectivity index (χ2v) is 7.07. The van der Waals surface area contributed by atoms with E-state index in [9.17, 15) is 9.59 Å². The molecule has 28 heavy (non-hydrogen) atoms. The number of piperazine rings is 1. The number of carbonyl (C=O) groups excluding carboxylic acids is 2. The lowest BCUT2D eigenvalue weighted by Crippen LogP contribution is -2.49. The smallest absolute Gasteiger partial charge is 0.253 e. The molecule has 2 aromatic rings. The number of carbonyl (C=O) groups is 2. The van der Waals surface area contributed by atoms with Gasteiger partial charge in [-0.15, -0.1) is 0 Å². The standard InChI is InChI=1S/C21H21ClN4O2/c22-18-5-2-4-17(14-18)21(28)26-11-9-25(10-12-26)8-7-20(27)24-19-6-1-3-16(13-19)15-23/h1-6,13-14H,7-12H2,(H,24,27). The first-order valence-corrected chi connectivity index (χ1v) is 9.50. The van der Waals surface area contributed by atoms with E-state index in [2.05, 4.69) is 16.3 Å². The fraction of sp³-hybridized carbons (Fsp3) is 0.286. The molecule has 2 amide bonds. The molecule has 1 N–H and O–H groups in total. The maximum Gasteiger partial charge on any atom is 0.253 e. The highest BCUT2D eigenvalue weighted by Gasteiger charge is 2.22. The number of anilines is 1. The maximum atomic E-state index is 12.5. The topological polar surface area (TPSA) is 76.4 Å². The number of nitrogens with zero attached hydrogens (tertiary/aromatic N) is 3. The number of hydrogen-bond donors (Lipinski definition) is 1. The molecule has 0 aromatic heterocycles. The molecule has 0 aliphatic carbocycles. The molecule has 0 atom stereocenters. The van der Waals surface area contributed by atoms with Crippen LogP contribution in [-0.4, -0.2) is 54.3 Å². The van der Waals surface area contributed by atoms with Crippen LogP contribution in [-0.2, 0) is 4.79 Å². The zero-order chi connectivity index (χ0) is 19.9. The number of nitriles is 1. The first kappa shape index (κ1) is 19.9. The fourth-order valence-electron chi connectivity index (χ4n) is 3.13. The van der Waals surface area contributed by atoms with Crippen molar-refractivity contribution in [2.24, 2.45) is 0 Å². The second-order valence-electron chi connectivity index (χ2n) is 6.63. The second kappa shape index (κ2) is 9.36. The summed E-state index contributed by atoms with van der Waals surface area (Å²) in [4.78, 5) is 28.7. The van der Waals surface area contributed by atoms with Gasteiger partial charge in [0.25, 0.3) is 5.91 Å². The van der Waals surface area contributed by atoms with E-state index < -0.39 is 0 Å². The SMILES string of the molecule is N#Cc1cccc(NC(=O)CCN2CCN(C(=O)c3cccc(Cl)c3)CC2)c1. The summed E-state index contributed by atoms with van der Waals surface area (Å²) in [6.45, 7) is 3.32. The van der Waals surface area contributed by atoms with Gasteiger partial charge in [-0.3, -0.25) is 14.5 Å². The molecule has 1 heterocycles. The summed E-state index contributed by atoms with van der Waals surface area (Å²) >= 11 is 5.96. The van der Waals surface area contributed by atoms with Crippen LogP contribution in [0.1, 0.15) is 22.3 Å². The van der Waals surface area contributed by atoms with Crippen LogP contribution in [0, 0.1) is 11.3 Å². The number of rotatable bonds is 5. The van der Waals surface area contributed by atoms with Gasteiger partial charge in [0, 0.05) is 55.4 Å². The van der Waals surface area contributed by atoms with Crippen LogP contribution in [0.15, 0.2) is 48.5 Å². The number of halogens is 1. The molecule has 1 aliphatic rings. The molecule has 0 spiro atoms. The van der Waals surface area contributed by atoms with Crippen molar-refractivity contribution in [2.45, 2.75) is 6.42 Å². The van der Waals surface area contributed by atoms with Crippen LogP contribution in [0.2, 0.25) is 5.02 Å². The lowest BCUT2D eigenvalue weighted by molar-refractivity contribution is -0.116. The van der Waals surface area contributed by atoms with Crippen LogP contribution in [0.25, 0.3) is 0 Å². The summed E-state index contributed by atoms with van der Waals surface area (Å²) in [5.74, 6) is -0.107. The molecule has 7 heteroatoms. The fourth-order valence-corrected chi connectivity index (χ4v) is 3.32. The molecular weight excluding hydrogens is 376 g/mol. The predicted molar refractivity (Wildman–Crippen MR) is 108 cm³/mol. The molecule has 1 fully saturated rings. The highest BCUT2D eigenvalue weighted by molar-refractivity contribution is 6.30. The largest absolute Gasteiger partial charge is 0.336 e. The molecule has 1 saturated heterocycles. The van der Waals surface area contributed by atoms with Crippen molar-refractivity contribution >= 4 is 29.1 Å². The number of nitrogens with one attached hydrogen (secondary N) is 1. The predicted octanol–water partition coefficient (Wildman–Crippen LogP) is 3.00. The minimum atomic E-state index is -0.0903. The Bertz CT molecular complexity index is 901. The average molecular weight is 397 g/mol. The summed E-state index contributed by atoms with van der Waals surface area (Å²) in [6.07, 6.45) is 0.360. The van der Waals surface area contributed by atoms with Crippen molar-refractivity contribution in [1.82, 2.24) is 9.80 Å². The van der Waals surface area contributed by atoms with Gasteiger partial charge in [-0.25, -0.2) is 0 Å². The summed E-state index contributed by atoms with van der Waals surface area (Å²) in [6, 6.07) is 15.9. The van der Waals surface area contributed by atoms with E-state index in [1.165, 1.54) is 0 Å². The monoisotopic (exact) mass is 396 g/mol. The Hall–Kier alpha value is -2.88. The Kier molecular flexibility index (Phi) is 6.64. The Labute approximate surface area is 169 Å². The number of amides is 2. The molecule has 0 unspecified atom stereocenters. The van der Waals surface area contributed by atoms with Crippen molar-refractivity contribution < 1.29 is 9.59 Å². The minimum absolute atomic E-state index is 0.0164. The number of benzene rings is 2. The molecule has 0 radical (unpaired) electrons. The van der Waals surface area contributed by atoms with Crippen molar-refractivity contribution in [3.8, 4) is 6.07 Å². The molecule has 6 nitrogen and oxygen atoms in total. The summed E-state index contributed by atoms with van der Waals surface area (Å²) in [5, 5.41) is 12.3. The van der Waals surface area contributed by atoms with Gasteiger partial charge in [-0.2, -0.15) is 5.26 Å². The van der Waals surface area contributed by atoms with Gasteiger partial charge in [0.1, 0.15) is 0 Å². The third-order valence-electron chi connectivity index (χ3n) is 4.66. The van der Waals surface area contributed by atoms with Crippen molar-refractivity contribution in [1.29, 1.82) is 5.26 Å². The van der Waals surface area contributed by atoms with Gasteiger partial charge in [-0.05, 0) is 36.4 Å². The van der Waals surface area contributed by atoms with E-state index in [4.69, 9.17) is 16.9 Å². The quantitative estimate of drug-likeness (QED) is 0.842. The van der Waals surface area contributed by atoms with E-state index in [1.807, 2.05) is 4.90 Å². The maximum absolute atomic E-state index is 12.5. The van der Waals surface area contributed by atoms with Gasteiger partial charge < -0.3 is 10.2 Å². The lowest BCUT2D eigenvalue weighted by atomic mass is 10.2. The third-order valence-corrected chi connectivity index (χ3v) is 4.90. The van der Waals surface area contributed by atoms with Gasteiger partial charge >= 0.3 is 0 Å². The van der Waals surface area contributed by atoms with Crippen LogP contribution in [0.3, 0.4) is 0 Å². The van der Waals surface area contributed by atoms with Crippen LogP contribution in [0.5, 0.6) is 0 Å². The Morgan fingerprint density at radius 3 is 2.54 bits per heavy atom. The normalized spacial score (nSPS) is 14.4. The van der Waals surface area contributed by atoms with Crippen LogP contribution < -0.4 is 5.32 Å². The Balaban J connectivity index is 1.43. The van der Waals surface area contributed by atoms with Crippen LogP contribution in [0.4, 0.5) is 5.69 Å². The van der Waals surface area contributed by atoms with Crippen molar-refractivity contribution in [3.63, 3.8) is 0 Å². The lowest BCUT2D eigenvalue weighted by Gasteiger charge is -2.34. The third kappa shape index (κ3) is 5.32. The van der Waals surface area contributed by atoms with Crippen molar-refractivity contribution in [3.05, 3.63) is 64.7 Å². The summed E-state index contributed by atoms with van der Waals surface area (Å²) < 4.78 is 0. The zero-order valence-corrected chi connectivity index (χ0v) is 16.2. The summed E-state index contributed by atoms with van der Waals surface area (Å²) in [5.41, 5.74) is 1.74. The van der Waals surface area contributed by atoms with E-state index in [0.29, 0.717) is 47.9 Å². The first-order chi connectivity index (χ1) is 13.5. The van der Waals surface area contributed by atoms with Crippen molar-refractivity contribution in [2.75, 3.05) is 38.0 Å². The highest BCUT2D eigenvalue weighted by Crippen LogP contribution is 2.15. The average Bonchev–Trinajstić information content (AvgIpc) is 2.72.